The fourth-order valence-electron chi connectivity index (χ4n) is 2.23. The number of benzene rings is 1. The van der Waals surface area contributed by atoms with E-state index < -0.39 is 0 Å². The highest BCUT2D eigenvalue weighted by Crippen LogP contribution is 2.26. The van der Waals surface area contributed by atoms with Crippen LogP contribution in [-0.4, -0.2) is 17.1 Å². The van der Waals surface area contributed by atoms with Crippen LogP contribution in [0.5, 0.6) is 5.75 Å². The van der Waals surface area contributed by atoms with Crippen molar-refractivity contribution in [3.63, 3.8) is 0 Å². The molecule has 4 heteroatoms. The van der Waals surface area contributed by atoms with Crippen molar-refractivity contribution in [2.24, 2.45) is 0 Å². The maximum Gasteiger partial charge on any atom is 0.254 e. The molecule has 1 heterocycles. The Hall–Kier alpha value is -2.10. The third-order valence-corrected chi connectivity index (χ3v) is 3.36. The van der Waals surface area contributed by atoms with Gasteiger partial charge in [0.15, 0.2) is 0 Å². The van der Waals surface area contributed by atoms with E-state index in [2.05, 4.69) is 16.9 Å². The van der Waals surface area contributed by atoms with Crippen LogP contribution in [0.2, 0.25) is 0 Å². The Balaban J connectivity index is 2.47. The predicted molar refractivity (Wildman–Crippen MR) is 80.2 cm³/mol. The number of nitrogens with zero attached hydrogens (tertiary/aromatic N) is 1. The number of hydrogen-bond acceptors (Lipinski definition) is 3. The average molecular weight is 272 g/mol. The number of aromatic nitrogens is 2. The number of methoxy groups -OCH3 is 1. The summed E-state index contributed by atoms with van der Waals surface area (Å²) in [5.74, 6) is 1.27. The minimum Gasteiger partial charge on any atom is -0.496 e. The Morgan fingerprint density at radius 2 is 2.05 bits per heavy atom. The molecule has 4 nitrogen and oxygen atoms in total. The first-order valence-electron chi connectivity index (χ1n) is 6.90. The molecule has 1 aromatic heterocycles. The Labute approximate surface area is 118 Å². The number of aromatic amines is 1. The van der Waals surface area contributed by atoms with Crippen LogP contribution in [-0.2, 0) is 6.42 Å². The number of H-pyrrole nitrogens is 1. The molecule has 0 fully saturated rings. The van der Waals surface area contributed by atoms with Crippen molar-refractivity contribution in [1.29, 1.82) is 0 Å². The molecular formula is C16H20N2O2. The number of nitrogens with one attached hydrogen (secondary N) is 1. The summed E-state index contributed by atoms with van der Waals surface area (Å²) in [6.07, 6.45) is 2.84. The zero-order chi connectivity index (χ0) is 14.5. The van der Waals surface area contributed by atoms with Gasteiger partial charge in [-0.2, -0.15) is 0 Å². The van der Waals surface area contributed by atoms with Crippen LogP contribution < -0.4 is 10.3 Å². The number of aryl methyl sites for hydroxylation is 1. The first-order chi connectivity index (χ1) is 9.67. The van der Waals surface area contributed by atoms with Crippen molar-refractivity contribution in [2.75, 3.05) is 7.11 Å². The smallest absolute Gasteiger partial charge is 0.254 e. The number of para-hydroxylation sites is 1. The SMILES string of the molecule is CCCCc1c(C)nc(-c2ccccc2OC)[nH]c1=O. The molecule has 106 valence electrons. The summed E-state index contributed by atoms with van der Waals surface area (Å²) in [6, 6.07) is 7.54. The molecule has 1 aromatic carbocycles. The fraction of sp³-hybridized carbons (Fsp3) is 0.375. The largest absolute Gasteiger partial charge is 0.496 e. The summed E-state index contributed by atoms with van der Waals surface area (Å²) in [6.45, 7) is 4.00. The van der Waals surface area contributed by atoms with Gasteiger partial charge in [0.1, 0.15) is 11.6 Å². The van der Waals surface area contributed by atoms with Crippen molar-refractivity contribution >= 4 is 0 Å². The lowest BCUT2D eigenvalue weighted by Crippen LogP contribution is -2.17. The number of hydrogen-bond donors (Lipinski definition) is 1. The van der Waals surface area contributed by atoms with E-state index in [-0.39, 0.29) is 5.56 Å². The van der Waals surface area contributed by atoms with Crippen molar-refractivity contribution < 1.29 is 4.74 Å². The van der Waals surface area contributed by atoms with Gasteiger partial charge in [-0.25, -0.2) is 4.98 Å². The molecule has 20 heavy (non-hydrogen) atoms. The second-order valence-electron chi connectivity index (χ2n) is 4.78. The lowest BCUT2D eigenvalue weighted by Gasteiger charge is -2.10. The van der Waals surface area contributed by atoms with Gasteiger partial charge in [0.25, 0.3) is 5.56 Å². The van der Waals surface area contributed by atoms with Crippen LogP contribution in [0.3, 0.4) is 0 Å². The van der Waals surface area contributed by atoms with Gasteiger partial charge in [-0.15, -0.1) is 0 Å². The second-order valence-corrected chi connectivity index (χ2v) is 4.78. The molecule has 0 radical (unpaired) electrons. The Morgan fingerprint density at radius 3 is 2.70 bits per heavy atom. The predicted octanol–water partition coefficient (Wildman–Crippen LogP) is 3.10. The van der Waals surface area contributed by atoms with Crippen molar-refractivity contribution in [2.45, 2.75) is 33.1 Å². The molecule has 2 aromatic rings. The molecule has 0 aliphatic heterocycles. The molecule has 0 atom stereocenters. The monoisotopic (exact) mass is 272 g/mol. The van der Waals surface area contributed by atoms with E-state index >= 15 is 0 Å². The molecule has 0 bridgehead atoms. The van der Waals surface area contributed by atoms with E-state index in [4.69, 9.17) is 4.74 Å². The molecule has 0 saturated heterocycles. The van der Waals surface area contributed by atoms with E-state index in [1.54, 1.807) is 7.11 Å². The summed E-state index contributed by atoms with van der Waals surface area (Å²) in [7, 11) is 1.61. The van der Waals surface area contributed by atoms with E-state index in [9.17, 15) is 4.79 Å². The minimum atomic E-state index is -0.0492. The van der Waals surface area contributed by atoms with Crippen LogP contribution in [0.15, 0.2) is 29.1 Å². The first-order valence-corrected chi connectivity index (χ1v) is 6.90. The molecule has 0 aliphatic carbocycles. The van der Waals surface area contributed by atoms with Gasteiger partial charge >= 0.3 is 0 Å². The average Bonchev–Trinajstić information content (AvgIpc) is 2.46. The summed E-state index contributed by atoms with van der Waals surface area (Å²) < 4.78 is 5.31. The van der Waals surface area contributed by atoms with Gasteiger partial charge in [-0.05, 0) is 31.9 Å². The van der Waals surface area contributed by atoms with Gasteiger partial charge < -0.3 is 9.72 Å². The number of ether oxygens (including phenoxy) is 1. The Kier molecular flexibility index (Phi) is 4.56. The van der Waals surface area contributed by atoms with Crippen molar-refractivity contribution in [3.8, 4) is 17.1 Å². The minimum absolute atomic E-state index is 0.0492. The zero-order valence-electron chi connectivity index (χ0n) is 12.2. The highest BCUT2D eigenvalue weighted by atomic mass is 16.5. The molecule has 0 amide bonds. The lowest BCUT2D eigenvalue weighted by molar-refractivity contribution is 0.416. The maximum atomic E-state index is 12.2. The van der Waals surface area contributed by atoms with E-state index in [1.807, 2.05) is 31.2 Å². The number of rotatable bonds is 5. The summed E-state index contributed by atoms with van der Waals surface area (Å²) >= 11 is 0. The Bertz CT molecular complexity index is 647. The molecule has 0 spiro atoms. The van der Waals surface area contributed by atoms with Crippen LogP contribution in [0, 0.1) is 6.92 Å². The summed E-state index contributed by atoms with van der Waals surface area (Å²) in [5, 5.41) is 0. The van der Waals surface area contributed by atoms with E-state index in [0.29, 0.717) is 11.6 Å². The maximum absolute atomic E-state index is 12.2. The third-order valence-electron chi connectivity index (χ3n) is 3.36. The summed E-state index contributed by atoms with van der Waals surface area (Å²) in [4.78, 5) is 19.6. The van der Waals surface area contributed by atoms with Gasteiger partial charge in [-0.3, -0.25) is 4.79 Å². The first kappa shape index (κ1) is 14.3. The molecule has 1 N–H and O–H groups in total. The summed E-state index contributed by atoms with van der Waals surface area (Å²) in [5.41, 5.74) is 2.33. The lowest BCUT2D eigenvalue weighted by atomic mass is 10.1. The molecule has 2 rings (SSSR count). The third kappa shape index (κ3) is 2.90. The van der Waals surface area contributed by atoms with Crippen LogP contribution in [0.1, 0.15) is 31.0 Å². The topological polar surface area (TPSA) is 55.0 Å². The van der Waals surface area contributed by atoms with E-state index in [1.165, 1.54) is 0 Å². The molecular weight excluding hydrogens is 252 g/mol. The van der Waals surface area contributed by atoms with Gasteiger partial charge in [0, 0.05) is 11.3 Å². The van der Waals surface area contributed by atoms with Gasteiger partial charge in [0.05, 0.1) is 12.7 Å². The van der Waals surface area contributed by atoms with Gasteiger partial charge in [0.2, 0.25) is 0 Å². The fourth-order valence-corrected chi connectivity index (χ4v) is 2.23. The quantitative estimate of drug-likeness (QED) is 0.910. The highest BCUT2D eigenvalue weighted by Gasteiger charge is 2.12. The van der Waals surface area contributed by atoms with Crippen LogP contribution in [0.4, 0.5) is 0 Å². The molecule has 0 saturated carbocycles. The molecule has 0 unspecified atom stereocenters. The zero-order valence-corrected chi connectivity index (χ0v) is 12.2. The molecule has 0 aliphatic rings. The second kappa shape index (κ2) is 6.37. The van der Waals surface area contributed by atoms with Crippen LogP contribution in [0.25, 0.3) is 11.4 Å². The van der Waals surface area contributed by atoms with Crippen molar-refractivity contribution in [3.05, 3.63) is 45.9 Å². The van der Waals surface area contributed by atoms with Crippen LogP contribution >= 0.6 is 0 Å². The highest BCUT2D eigenvalue weighted by molar-refractivity contribution is 5.64. The Morgan fingerprint density at radius 1 is 1.30 bits per heavy atom. The van der Waals surface area contributed by atoms with E-state index in [0.717, 1.165) is 36.1 Å². The van der Waals surface area contributed by atoms with Gasteiger partial charge in [-0.1, -0.05) is 25.5 Å². The standard InChI is InChI=1S/C16H20N2O2/c1-4-5-8-12-11(2)17-15(18-16(12)19)13-9-6-7-10-14(13)20-3/h6-7,9-10H,4-5,8H2,1-3H3,(H,17,18,19). The normalized spacial score (nSPS) is 10.6. The van der Waals surface area contributed by atoms with Crippen molar-refractivity contribution in [1.82, 2.24) is 9.97 Å². The number of unbranched alkanes of at least 4 members (excludes halogenated alkanes) is 1.